The predicted molar refractivity (Wildman–Crippen MR) is 105 cm³/mol. The van der Waals surface area contributed by atoms with Crippen molar-refractivity contribution >= 4 is 5.97 Å². The topological polar surface area (TPSA) is 65.0 Å². The van der Waals surface area contributed by atoms with Crippen molar-refractivity contribution in [2.24, 2.45) is 0 Å². The summed E-state index contributed by atoms with van der Waals surface area (Å²) in [6, 6.07) is 9.74. The molecule has 30 heavy (non-hydrogen) atoms. The Morgan fingerprint density at radius 1 is 1.00 bits per heavy atom. The van der Waals surface area contributed by atoms with Gasteiger partial charge in [0, 0.05) is 13.0 Å². The SMILES string of the molecule is CCOC(CC)(Cc1ccc(OC)c(OCc2ccc(C(F)(F)F)cc2)c1)C(=O)O. The maximum absolute atomic E-state index is 12.7. The van der Waals surface area contributed by atoms with E-state index < -0.39 is 23.3 Å². The molecule has 2 rings (SSSR count). The zero-order chi connectivity index (χ0) is 22.4. The summed E-state index contributed by atoms with van der Waals surface area (Å²) in [6.45, 7) is 3.77. The van der Waals surface area contributed by atoms with Gasteiger partial charge in [-0.25, -0.2) is 4.79 Å². The Balaban J connectivity index is 2.21. The smallest absolute Gasteiger partial charge is 0.416 e. The fourth-order valence-corrected chi connectivity index (χ4v) is 3.07. The van der Waals surface area contributed by atoms with Crippen LogP contribution in [-0.2, 0) is 28.7 Å². The molecule has 0 saturated heterocycles. The van der Waals surface area contributed by atoms with Crippen molar-refractivity contribution in [2.75, 3.05) is 13.7 Å². The molecule has 5 nitrogen and oxygen atoms in total. The van der Waals surface area contributed by atoms with Crippen molar-refractivity contribution in [1.82, 2.24) is 0 Å². The van der Waals surface area contributed by atoms with Crippen LogP contribution >= 0.6 is 0 Å². The molecule has 0 spiro atoms. The van der Waals surface area contributed by atoms with Gasteiger partial charge in [0.2, 0.25) is 0 Å². The van der Waals surface area contributed by atoms with E-state index in [1.54, 1.807) is 32.0 Å². The lowest BCUT2D eigenvalue weighted by Crippen LogP contribution is -2.43. The van der Waals surface area contributed by atoms with E-state index in [-0.39, 0.29) is 26.1 Å². The van der Waals surface area contributed by atoms with Crippen LogP contribution in [0.2, 0.25) is 0 Å². The monoisotopic (exact) mass is 426 g/mol. The second kappa shape index (κ2) is 9.84. The molecule has 0 saturated carbocycles. The van der Waals surface area contributed by atoms with Crippen LogP contribution in [0.1, 0.15) is 37.0 Å². The molecule has 0 bridgehead atoms. The van der Waals surface area contributed by atoms with Crippen molar-refractivity contribution in [3.8, 4) is 11.5 Å². The molecule has 0 heterocycles. The lowest BCUT2D eigenvalue weighted by Gasteiger charge is -2.28. The molecule has 0 aliphatic rings. The third kappa shape index (κ3) is 5.66. The summed E-state index contributed by atoms with van der Waals surface area (Å²) in [5.41, 5.74) is -0.853. The van der Waals surface area contributed by atoms with Crippen LogP contribution in [-0.4, -0.2) is 30.4 Å². The predicted octanol–water partition coefficient (Wildman–Crippen LogP) is 5.11. The number of alkyl halides is 3. The molecule has 8 heteroatoms. The molecule has 2 aromatic carbocycles. The second-order valence-corrected chi connectivity index (χ2v) is 6.73. The first-order valence-corrected chi connectivity index (χ1v) is 9.48. The van der Waals surface area contributed by atoms with Crippen molar-refractivity contribution < 1.29 is 37.3 Å². The zero-order valence-electron chi connectivity index (χ0n) is 17.1. The van der Waals surface area contributed by atoms with E-state index in [2.05, 4.69) is 0 Å². The summed E-state index contributed by atoms with van der Waals surface area (Å²) in [5, 5.41) is 9.66. The average molecular weight is 426 g/mol. The molecule has 0 radical (unpaired) electrons. The molecule has 0 amide bonds. The van der Waals surface area contributed by atoms with E-state index in [1.165, 1.54) is 19.2 Å². The highest BCUT2D eigenvalue weighted by atomic mass is 19.4. The summed E-state index contributed by atoms with van der Waals surface area (Å²) in [6.07, 6.45) is -3.98. The van der Waals surface area contributed by atoms with E-state index in [0.29, 0.717) is 22.6 Å². The number of halogens is 3. The molecule has 164 valence electrons. The number of benzene rings is 2. The zero-order valence-corrected chi connectivity index (χ0v) is 17.1. The van der Waals surface area contributed by atoms with Crippen LogP contribution < -0.4 is 9.47 Å². The lowest BCUT2D eigenvalue weighted by molar-refractivity contribution is -0.166. The maximum Gasteiger partial charge on any atom is 0.416 e. The van der Waals surface area contributed by atoms with Gasteiger partial charge in [-0.2, -0.15) is 13.2 Å². The number of methoxy groups -OCH3 is 1. The summed E-state index contributed by atoms with van der Waals surface area (Å²) in [7, 11) is 1.47. The second-order valence-electron chi connectivity index (χ2n) is 6.73. The van der Waals surface area contributed by atoms with Crippen molar-refractivity contribution in [1.29, 1.82) is 0 Å². The van der Waals surface area contributed by atoms with E-state index in [0.717, 1.165) is 12.1 Å². The maximum atomic E-state index is 12.7. The van der Waals surface area contributed by atoms with Gasteiger partial charge in [-0.3, -0.25) is 0 Å². The van der Waals surface area contributed by atoms with Crippen LogP contribution in [0.4, 0.5) is 13.2 Å². The summed E-state index contributed by atoms with van der Waals surface area (Å²) in [5.74, 6) is -0.254. The first kappa shape index (κ1) is 23.5. The molecule has 1 unspecified atom stereocenters. The first-order valence-electron chi connectivity index (χ1n) is 9.48. The Bertz CT molecular complexity index is 849. The molecular weight excluding hydrogens is 401 g/mol. The summed E-state index contributed by atoms with van der Waals surface area (Å²) >= 11 is 0. The normalized spacial score (nSPS) is 13.5. The number of aliphatic carboxylic acids is 1. The van der Waals surface area contributed by atoms with Gasteiger partial charge >= 0.3 is 12.1 Å². The minimum Gasteiger partial charge on any atom is -0.493 e. The molecule has 1 N–H and O–H groups in total. The van der Waals surface area contributed by atoms with Crippen LogP contribution in [0.3, 0.4) is 0 Å². The largest absolute Gasteiger partial charge is 0.493 e. The minimum absolute atomic E-state index is 0.0290. The number of carboxylic acids is 1. The van der Waals surface area contributed by atoms with E-state index in [4.69, 9.17) is 14.2 Å². The van der Waals surface area contributed by atoms with Crippen LogP contribution in [0, 0.1) is 0 Å². The summed E-state index contributed by atoms with van der Waals surface area (Å²) in [4.78, 5) is 11.8. The highest BCUT2D eigenvalue weighted by Crippen LogP contribution is 2.33. The van der Waals surface area contributed by atoms with Gasteiger partial charge in [-0.15, -0.1) is 0 Å². The van der Waals surface area contributed by atoms with Crippen molar-refractivity contribution in [3.05, 3.63) is 59.2 Å². The van der Waals surface area contributed by atoms with Gasteiger partial charge in [-0.05, 0) is 48.7 Å². The Kier molecular flexibility index (Phi) is 7.72. The fraction of sp³-hybridized carbons (Fsp3) is 0.409. The standard InChI is InChI=1S/C22H25F3O5/c1-4-21(20(26)27,30-5-2)13-16-8-11-18(28-3)19(12-16)29-14-15-6-9-17(10-7-15)22(23,24)25/h6-12H,4-5,13-14H2,1-3H3,(H,26,27). The van der Waals surface area contributed by atoms with Gasteiger partial charge in [-0.1, -0.05) is 25.1 Å². The molecular formula is C22H25F3O5. The summed E-state index contributed by atoms with van der Waals surface area (Å²) < 4.78 is 54.7. The number of carboxylic acid groups (broad SMARTS) is 1. The van der Waals surface area contributed by atoms with Gasteiger partial charge in [0.1, 0.15) is 6.61 Å². The number of ether oxygens (including phenoxy) is 3. The fourth-order valence-electron chi connectivity index (χ4n) is 3.07. The van der Waals surface area contributed by atoms with Crippen molar-refractivity contribution in [2.45, 2.75) is 45.1 Å². The molecule has 0 aromatic heterocycles. The first-order chi connectivity index (χ1) is 14.1. The Labute approximate surface area is 173 Å². The Hall–Kier alpha value is -2.74. The van der Waals surface area contributed by atoms with Crippen LogP contribution in [0.5, 0.6) is 11.5 Å². The molecule has 1 atom stereocenters. The minimum atomic E-state index is -4.40. The molecule has 0 fully saturated rings. The average Bonchev–Trinajstić information content (AvgIpc) is 2.71. The number of rotatable bonds is 10. The lowest BCUT2D eigenvalue weighted by atomic mass is 9.91. The van der Waals surface area contributed by atoms with Gasteiger partial charge in [0.05, 0.1) is 12.7 Å². The highest BCUT2D eigenvalue weighted by Gasteiger charge is 2.38. The van der Waals surface area contributed by atoms with E-state index in [1.807, 2.05) is 0 Å². The number of hydrogen-bond donors (Lipinski definition) is 1. The van der Waals surface area contributed by atoms with Gasteiger partial charge < -0.3 is 19.3 Å². The van der Waals surface area contributed by atoms with Crippen molar-refractivity contribution in [3.63, 3.8) is 0 Å². The van der Waals surface area contributed by atoms with Crippen LogP contribution in [0.15, 0.2) is 42.5 Å². The molecule has 0 aliphatic carbocycles. The third-order valence-corrected chi connectivity index (χ3v) is 4.77. The molecule has 2 aromatic rings. The van der Waals surface area contributed by atoms with Gasteiger partial charge in [0.25, 0.3) is 0 Å². The Morgan fingerprint density at radius 3 is 2.13 bits per heavy atom. The van der Waals surface area contributed by atoms with E-state index >= 15 is 0 Å². The highest BCUT2D eigenvalue weighted by molar-refractivity contribution is 5.78. The van der Waals surface area contributed by atoms with Gasteiger partial charge in [0.15, 0.2) is 17.1 Å². The van der Waals surface area contributed by atoms with E-state index in [9.17, 15) is 23.1 Å². The third-order valence-electron chi connectivity index (χ3n) is 4.77. The molecule has 0 aliphatic heterocycles. The van der Waals surface area contributed by atoms with Crippen LogP contribution in [0.25, 0.3) is 0 Å². The number of carbonyl (C=O) groups is 1. The quantitative estimate of drug-likeness (QED) is 0.572. The Morgan fingerprint density at radius 2 is 1.63 bits per heavy atom. The number of hydrogen-bond acceptors (Lipinski definition) is 4.